The predicted octanol–water partition coefficient (Wildman–Crippen LogP) is 0.904. The lowest BCUT2D eigenvalue weighted by atomic mass is 10.3. The molecule has 2 aromatic rings. The number of aromatic nitrogens is 1. The summed E-state index contributed by atoms with van der Waals surface area (Å²) in [5.74, 6) is -0.507. The minimum atomic E-state index is -0.507. The van der Waals surface area contributed by atoms with Crippen LogP contribution in [-0.2, 0) is 0 Å². The van der Waals surface area contributed by atoms with E-state index in [2.05, 4.69) is 13.2 Å². The molecule has 0 N–H and O–H groups in total. The Labute approximate surface area is 90.5 Å². The van der Waals surface area contributed by atoms with Crippen molar-refractivity contribution in [2.24, 2.45) is 0 Å². The first-order valence-electron chi connectivity index (χ1n) is 4.25. The standard InChI is InChI=1S/C11H8ClNO2/c1-7-8(2)15-11(14)13(7)10-5-3-4-9(12)6-10/h3-6H,1-2H2. The van der Waals surface area contributed by atoms with Crippen molar-refractivity contribution < 1.29 is 4.42 Å². The molecule has 0 aliphatic rings. The third kappa shape index (κ3) is 1.62. The second-order valence-electron chi connectivity index (χ2n) is 3.05. The molecule has 0 aliphatic carbocycles. The minimum absolute atomic E-state index is 0.264. The van der Waals surface area contributed by atoms with Crippen LogP contribution in [-0.4, -0.2) is 4.57 Å². The molecule has 0 amide bonds. The van der Waals surface area contributed by atoms with Crippen molar-refractivity contribution >= 4 is 24.8 Å². The summed E-state index contributed by atoms with van der Waals surface area (Å²) in [5, 5.41) is 0.980. The van der Waals surface area contributed by atoms with Gasteiger partial charge in [0.25, 0.3) is 0 Å². The van der Waals surface area contributed by atoms with Gasteiger partial charge in [0.2, 0.25) is 0 Å². The number of oxazole rings is 1. The van der Waals surface area contributed by atoms with E-state index >= 15 is 0 Å². The SMILES string of the molecule is C=c1oc(=O)n(-c2cccc(Cl)c2)c1=C. The fourth-order valence-electron chi connectivity index (χ4n) is 1.32. The first kappa shape index (κ1) is 9.80. The molecule has 0 radical (unpaired) electrons. The lowest BCUT2D eigenvalue weighted by molar-refractivity contribution is 0.479. The van der Waals surface area contributed by atoms with Crippen LogP contribution in [0, 0.1) is 0 Å². The van der Waals surface area contributed by atoms with Gasteiger partial charge in [-0.2, -0.15) is 0 Å². The minimum Gasteiger partial charge on any atom is -0.408 e. The second-order valence-corrected chi connectivity index (χ2v) is 3.49. The number of hydrogen-bond acceptors (Lipinski definition) is 2. The molecule has 0 unspecified atom stereocenters. The summed E-state index contributed by atoms with van der Waals surface area (Å²) in [6.45, 7) is 7.28. The molecule has 15 heavy (non-hydrogen) atoms. The molecule has 1 heterocycles. The van der Waals surface area contributed by atoms with Crippen LogP contribution >= 0.6 is 11.6 Å². The van der Waals surface area contributed by atoms with Crippen LogP contribution in [0.1, 0.15) is 0 Å². The Morgan fingerprint density at radius 1 is 1.33 bits per heavy atom. The van der Waals surface area contributed by atoms with Gasteiger partial charge < -0.3 is 4.42 Å². The summed E-state index contributed by atoms with van der Waals surface area (Å²) in [6, 6.07) is 6.88. The average molecular weight is 222 g/mol. The van der Waals surface area contributed by atoms with Gasteiger partial charge in [0, 0.05) is 5.02 Å². The van der Waals surface area contributed by atoms with E-state index in [0.29, 0.717) is 16.1 Å². The number of nitrogens with zero attached hydrogens (tertiary/aromatic N) is 1. The monoisotopic (exact) mass is 221 g/mol. The zero-order chi connectivity index (χ0) is 11.0. The maximum Gasteiger partial charge on any atom is 0.424 e. The van der Waals surface area contributed by atoms with E-state index in [9.17, 15) is 4.79 Å². The van der Waals surface area contributed by atoms with Crippen molar-refractivity contribution in [1.82, 2.24) is 4.57 Å². The van der Waals surface area contributed by atoms with E-state index in [1.165, 1.54) is 4.57 Å². The molecule has 2 rings (SSSR count). The van der Waals surface area contributed by atoms with Crippen LogP contribution in [0.3, 0.4) is 0 Å². The smallest absolute Gasteiger partial charge is 0.408 e. The van der Waals surface area contributed by atoms with E-state index in [-0.39, 0.29) is 5.42 Å². The van der Waals surface area contributed by atoms with Crippen LogP contribution in [0.5, 0.6) is 0 Å². The van der Waals surface area contributed by atoms with Gasteiger partial charge in [-0.25, -0.2) is 9.36 Å². The molecule has 0 bridgehead atoms. The van der Waals surface area contributed by atoms with Gasteiger partial charge in [-0.15, -0.1) is 0 Å². The highest BCUT2D eigenvalue weighted by molar-refractivity contribution is 6.30. The van der Waals surface area contributed by atoms with Crippen molar-refractivity contribution in [3.8, 4) is 5.69 Å². The van der Waals surface area contributed by atoms with Crippen molar-refractivity contribution in [2.45, 2.75) is 0 Å². The van der Waals surface area contributed by atoms with Gasteiger partial charge in [0.05, 0.1) is 11.0 Å². The maximum absolute atomic E-state index is 11.4. The third-order valence-electron chi connectivity index (χ3n) is 2.05. The highest BCUT2D eigenvalue weighted by Crippen LogP contribution is 2.11. The summed E-state index contributed by atoms with van der Waals surface area (Å²) >= 11 is 5.82. The van der Waals surface area contributed by atoms with Gasteiger partial charge in [-0.1, -0.05) is 30.8 Å². The molecule has 0 aliphatic heterocycles. The van der Waals surface area contributed by atoms with Crippen LogP contribution < -0.4 is 16.5 Å². The Morgan fingerprint density at radius 2 is 2.07 bits per heavy atom. The molecule has 1 aromatic heterocycles. The fourth-order valence-corrected chi connectivity index (χ4v) is 1.51. The largest absolute Gasteiger partial charge is 0.424 e. The van der Waals surface area contributed by atoms with Gasteiger partial charge in [0.1, 0.15) is 5.42 Å². The fraction of sp³-hybridized carbons (Fsp3) is 0. The summed E-state index contributed by atoms with van der Waals surface area (Å²) in [5.41, 5.74) is 0.885. The molecule has 76 valence electrons. The van der Waals surface area contributed by atoms with Gasteiger partial charge in [-0.3, -0.25) is 0 Å². The Morgan fingerprint density at radius 3 is 2.60 bits per heavy atom. The molecule has 0 saturated carbocycles. The summed E-state index contributed by atoms with van der Waals surface area (Å²) < 4.78 is 6.16. The molecule has 0 fully saturated rings. The molecule has 0 spiro atoms. The Hall–Kier alpha value is -1.74. The molecule has 3 nitrogen and oxygen atoms in total. The van der Waals surface area contributed by atoms with Crippen molar-refractivity contribution in [3.05, 3.63) is 50.6 Å². The Kier molecular flexibility index (Phi) is 2.25. The topological polar surface area (TPSA) is 35.1 Å². The van der Waals surface area contributed by atoms with Crippen molar-refractivity contribution in [1.29, 1.82) is 0 Å². The van der Waals surface area contributed by atoms with Gasteiger partial charge in [-0.05, 0) is 18.2 Å². The van der Waals surface area contributed by atoms with Crippen LogP contribution in [0.15, 0.2) is 33.5 Å². The van der Waals surface area contributed by atoms with Crippen molar-refractivity contribution in [2.75, 3.05) is 0 Å². The predicted molar refractivity (Wildman–Crippen MR) is 59.6 cm³/mol. The van der Waals surface area contributed by atoms with Crippen LogP contribution in [0.4, 0.5) is 0 Å². The summed E-state index contributed by atoms with van der Waals surface area (Å²) in [6.07, 6.45) is 0. The molecule has 0 saturated heterocycles. The lowest BCUT2D eigenvalue weighted by Gasteiger charge is -1.99. The quantitative estimate of drug-likeness (QED) is 0.718. The molecule has 4 heteroatoms. The van der Waals surface area contributed by atoms with Crippen LogP contribution in [0.2, 0.25) is 5.02 Å². The second kappa shape index (κ2) is 3.44. The maximum atomic E-state index is 11.4. The highest BCUT2D eigenvalue weighted by Gasteiger charge is 2.05. The zero-order valence-electron chi connectivity index (χ0n) is 7.87. The third-order valence-corrected chi connectivity index (χ3v) is 2.29. The molecular formula is C11H8ClNO2. The summed E-state index contributed by atoms with van der Waals surface area (Å²) in [4.78, 5) is 11.4. The van der Waals surface area contributed by atoms with E-state index < -0.39 is 5.76 Å². The van der Waals surface area contributed by atoms with E-state index in [1.807, 2.05) is 0 Å². The molecular weight excluding hydrogens is 214 g/mol. The Balaban J connectivity index is 2.80. The number of halogens is 1. The van der Waals surface area contributed by atoms with Crippen LogP contribution in [0.25, 0.3) is 18.8 Å². The van der Waals surface area contributed by atoms with E-state index in [1.54, 1.807) is 24.3 Å². The molecule has 1 aromatic carbocycles. The van der Waals surface area contributed by atoms with Crippen molar-refractivity contribution in [3.63, 3.8) is 0 Å². The first-order valence-corrected chi connectivity index (χ1v) is 4.63. The van der Waals surface area contributed by atoms with E-state index in [4.69, 9.17) is 16.0 Å². The Bertz CT molecular complexity index is 654. The molecule has 0 atom stereocenters. The highest BCUT2D eigenvalue weighted by atomic mass is 35.5. The average Bonchev–Trinajstić information content (AvgIpc) is 2.41. The number of benzene rings is 1. The van der Waals surface area contributed by atoms with Gasteiger partial charge in [0.15, 0.2) is 0 Å². The normalized spacial score (nSPS) is 10.5. The first-order chi connectivity index (χ1) is 7.09. The zero-order valence-corrected chi connectivity index (χ0v) is 8.62. The number of rotatable bonds is 1. The van der Waals surface area contributed by atoms with E-state index in [0.717, 1.165) is 0 Å². The lowest BCUT2D eigenvalue weighted by Crippen LogP contribution is -2.28. The summed E-state index contributed by atoms with van der Waals surface area (Å²) in [7, 11) is 0. The van der Waals surface area contributed by atoms with Gasteiger partial charge >= 0.3 is 5.76 Å². The number of hydrogen-bond donors (Lipinski definition) is 0.